The van der Waals surface area contributed by atoms with E-state index in [0.29, 0.717) is 11.6 Å². The van der Waals surface area contributed by atoms with E-state index in [4.69, 9.17) is 4.74 Å². The van der Waals surface area contributed by atoms with Crippen LogP contribution in [0.5, 0.6) is 5.75 Å². The Morgan fingerprint density at radius 3 is 1.84 bits per heavy atom. The summed E-state index contributed by atoms with van der Waals surface area (Å²) in [7, 11) is 1.60. The molecule has 0 radical (unpaired) electrons. The van der Waals surface area contributed by atoms with Crippen LogP contribution >= 0.6 is 0 Å². The van der Waals surface area contributed by atoms with Gasteiger partial charge in [-0.2, -0.15) is 0 Å². The van der Waals surface area contributed by atoms with Gasteiger partial charge in [-0.25, -0.2) is 19.9 Å². The topological polar surface area (TPSA) is 145 Å². The third kappa shape index (κ3) is 5.99. The van der Waals surface area contributed by atoms with Crippen LogP contribution in [0, 0.1) is 20.8 Å². The molecule has 0 fully saturated rings. The maximum atomic E-state index is 11.4. The fourth-order valence-electron chi connectivity index (χ4n) is 6.83. The van der Waals surface area contributed by atoms with Gasteiger partial charge in [0.1, 0.15) is 29.5 Å². The molecule has 0 saturated carbocycles. The third-order valence-corrected chi connectivity index (χ3v) is 9.08. The van der Waals surface area contributed by atoms with Crippen molar-refractivity contribution in [1.82, 2.24) is 29.1 Å². The maximum absolute atomic E-state index is 11.4. The molecule has 0 bridgehead atoms. The molecule has 2 N–H and O–H groups in total. The van der Waals surface area contributed by atoms with Crippen molar-refractivity contribution in [3.63, 3.8) is 0 Å². The first-order valence-corrected chi connectivity index (χ1v) is 16.3. The average Bonchev–Trinajstić information content (AvgIpc) is 3.55. The Morgan fingerprint density at radius 2 is 1.18 bits per heavy atom. The number of para-hydroxylation sites is 3. The summed E-state index contributed by atoms with van der Waals surface area (Å²) in [5, 5.41) is 22.3. The highest BCUT2D eigenvalue weighted by Gasteiger charge is 2.21. The van der Waals surface area contributed by atoms with Gasteiger partial charge in [-0.15, -0.1) is 0 Å². The second-order valence-electron chi connectivity index (χ2n) is 12.2. The molecule has 4 aromatic heterocycles. The lowest BCUT2D eigenvalue weighted by Crippen LogP contribution is -2.06. The number of benzene rings is 4. The molecule has 51 heavy (non-hydrogen) atoms. The van der Waals surface area contributed by atoms with Crippen molar-refractivity contribution < 1.29 is 24.5 Å². The van der Waals surface area contributed by atoms with E-state index in [1.54, 1.807) is 7.11 Å². The molecule has 0 aliphatic rings. The van der Waals surface area contributed by atoms with Crippen LogP contribution in [0.2, 0.25) is 0 Å². The number of carbonyl (C=O) groups is 2. The molecule has 254 valence electrons. The van der Waals surface area contributed by atoms with Crippen molar-refractivity contribution in [2.24, 2.45) is 0 Å². The number of nitrogens with zero attached hydrogens (tertiary/aromatic N) is 6. The van der Waals surface area contributed by atoms with Gasteiger partial charge < -0.3 is 14.9 Å². The number of aryl methyl sites for hydroxylation is 1. The molecular weight excluding hydrogens is 644 g/mol. The zero-order valence-electron chi connectivity index (χ0n) is 28.5. The Morgan fingerprint density at radius 1 is 0.627 bits per heavy atom. The van der Waals surface area contributed by atoms with Crippen molar-refractivity contribution in [2.45, 2.75) is 33.6 Å². The number of hydrogen-bond donors (Lipinski definition) is 2. The van der Waals surface area contributed by atoms with Gasteiger partial charge in [0, 0.05) is 32.9 Å². The molecule has 8 aromatic rings. The highest BCUT2D eigenvalue weighted by molar-refractivity contribution is 5.95. The van der Waals surface area contributed by atoms with Crippen LogP contribution in [0.1, 0.15) is 28.3 Å². The van der Waals surface area contributed by atoms with E-state index in [-0.39, 0.29) is 12.8 Å². The highest BCUT2D eigenvalue weighted by atomic mass is 16.5. The summed E-state index contributed by atoms with van der Waals surface area (Å²) in [6.07, 6.45) is 1.45. The van der Waals surface area contributed by atoms with Gasteiger partial charge in [0.2, 0.25) is 0 Å². The van der Waals surface area contributed by atoms with E-state index in [2.05, 4.69) is 19.9 Å². The van der Waals surface area contributed by atoms with Gasteiger partial charge >= 0.3 is 11.9 Å². The summed E-state index contributed by atoms with van der Waals surface area (Å²) < 4.78 is 9.37. The summed E-state index contributed by atoms with van der Waals surface area (Å²) in [5.41, 5.74) is 6.89. The van der Waals surface area contributed by atoms with Gasteiger partial charge in [-0.05, 0) is 80.4 Å². The number of hydrogen-bond acceptors (Lipinski definition) is 7. The normalized spacial score (nSPS) is 11.2. The number of fused-ring (bicyclic) bond motifs is 4. The van der Waals surface area contributed by atoms with Crippen molar-refractivity contribution >= 4 is 55.6 Å². The van der Waals surface area contributed by atoms with Crippen LogP contribution in [-0.4, -0.2) is 58.3 Å². The van der Waals surface area contributed by atoms with Gasteiger partial charge in [0.25, 0.3) is 0 Å². The lowest BCUT2D eigenvalue weighted by atomic mass is 10.1. The van der Waals surface area contributed by atoms with Crippen molar-refractivity contribution in [2.75, 3.05) is 7.11 Å². The van der Waals surface area contributed by atoms with E-state index in [1.807, 2.05) is 121 Å². The van der Waals surface area contributed by atoms with Crippen LogP contribution in [0.3, 0.4) is 0 Å². The predicted molar refractivity (Wildman–Crippen MR) is 196 cm³/mol. The van der Waals surface area contributed by atoms with Crippen LogP contribution in [0.25, 0.3) is 55.2 Å². The van der Waals surface area contributed by atoms with Crippen LogP contribution in [-0.2, 0) is 22.4 Å². The largest absolute Gasteiger partial charge is 0.497 e. The SMILES string of the molecule is COc1ccc2c(c1)c(CC(=O)O)c(C)n2-c1ncnc2ccccc12.Cc1nc(-n2c(C)c(CC(=O)O)c3ccccc32)c2ccccc2n1. The Bertz CT molecular complexity index is 2640. The Hall–Kier alpha value is -6.62. The van der Waals surface area contributed by atoms with Gasteiger partial charge in [0.15, 0.2) is 0 Å². The number of rotatable bonds is 7. The maximum Gasteiger partial charge on any atom is 0.307 e. The van der Waals surface area contributed by atoms with E-state index in [9.17, 15) is 19.8 Å². The molecular formula is C40H34N6O5. The van der Waals surface area contributed by atoms with Crippen molar-refractivity contribution in [1.29, 1.82) is 0 Å². The van der Waals surface area contributed by atoms with Gasteiger partial charge in [0.05, 0.1) is 42.0 Å². The number of aromatic nitrogens is 6. The fraction of sp³-hybridized carbons (Fsp3) is 0.150. The number of aliphatic carboxylic acids is 2. The Labute approximate surface area is 292 Å². The molecule has 4 heterocycles. The standard InChI is InChI=1S/C20H17N3O3.C20H17N3O2/c1-12-15(10-19(24)25)16-9-13(26-2)7-8-18(16)23(12)20-14-5-3-4-6-17(14)21-11-22-20;1-12-16(11-19(24)25)14-7-4-6-10-18(14)23(12)20-15-8-3-5-9-17(15)21-13(2)22-20/h3-9,11H,10H2,1-2H3,(H,24,25);3-10H,11H2,1-2H3,(H,24,25). The van der Waals surface area contributed by atoms with Crippen LogP contribution in [0.4, 0.5) is 0 Å². The van der Waals surface area contributed by atoms with E-state index in [1.165, 1.54) is 6.33 Å². The highest BCUT2D eigenvalue weighted by Crippen LogP contribution is 2.34. The molecule has 8 rings (SSSR count). The molecule has 4 aromatic carbocycles. The second kappa shape index (κ2) is 13.4. The molecule has 11 heteroatoms. The molecule has 0 aliphatic heterocycles. The lowest BCUT2D eigenvalue weighted by Gasteiger charge is -2.12. The summed E-state index contributed by atoms with van der Waals surface area (Å²) in [4.78, 5) is 40.8. The number of carboxylic acids is 2. The van der Waals surface area contributed by atoms with E-state index < -0.39 is 11.9 Å². The minimum absolute atomic E-state index is 0.0126. The molecule has 0 atom stereocenters. The number of methoxy groups -OCH3 is 1. The predicted octanol–water partition coefficient (Wildman–Crippen LogP) is 7.34. The zero-order chi connectivity index (χ0) is 35.8. The third-order valence-electron chi connectivity index (χ3n) is 9.08. The van der Waals surface area contributed by atoms with Gasteiger partial charge in [-0.1, -0.05) is 42.5 Å². The first kappa shape index (κ1) is 32.9. The number of ether oxygens (including phenoxy) is 1. The number of carboxylic acid groups (broad SMARTS) is 2. The zero-order valence-corrected chi connectivity index (χ0v) is 28.5. The second-order valence-corrected chi connectivity index (χ2v) is 12.2. The van der Waals surface area contributed by atoms with Crippen LogP contribution in [0.15, 0.2) is 97.3 Å². The quantitative estimate of drug-likeness (QED) is 0.177. The molecule has 0 spiro atoms. The fourth-order valence-corrected chi connectivity index (χ4v) is 6.83. The first-order chi connectivity index (χ1) is 24.7. The van der Waals surface area contributed by atoms with Crippen molar-refractivity contribution in [3.05, 3.63) is 126 Å². The minimum atomic E-state index is -0.873. The summed E-state index contributed by atoms with van der Waals surface area (Å²) >= 11 is 0. The van der Waals surface area contributed by atoms with Crippen molar-refractivity contribution in [3.8, 4) is 17.4 Å². The smallest absolute Gasteiger partial charge is 0.307 e. The summed E-state index contributed by atoms with van der Waals surface area (Å²) in [6, 6.07) is 29.2. The average molecular weight is 679 g/mol. The monoisotopic (exact) mass is 678 g/mol. The lowest BCUT2D eigenvalue weighted by molar-refractivity contribution is -0.137. The summed E-state index contributed by atoms with van der Waals surface area (Å²) in [5.74, 6) is 1.19. The molecule has 11 nitrogen and oxygen atoms in total. The molecule has 0 amide bonds. The molecule has 0 saturated heterocycles. The molecule has 0 aliphatic carbocycles. The minimum Gasteiger partial charge on any atom is -0.497 e. The Kier molecular flexibility index (Phi) is 8.62. The first-order valence-electron chi connectivity index (χ1n) is 16.3. The van der Waals surface area contributed by atoms with E-state index in [0.717, 1.165) is 77.8 Å². The molecule has 0 unspecified atom stereocenters. The Balaban J connectivity index is 0.000000159. The van der Waals surface area contributed by atoms with Crippen LogP contribution < -0.4 is 4.74 Å². The van der Waals surface area contributed by atoms with E-state index >= 15 is 0 Å². The van der Waals surface area contributed by atoms with Gasteiger partial charge in [-0.3, -0.25) is 18.7 Å². The summed E-state index contributed by atoms with van der Waals surface area (Å²) in [6.45, 7) is 5.74.